The number of anilines is 1. The Labute approximate surface area is 147 Å². The fourth-order valence-electron chi connectivity index (χ4n) is 2.32. The molecular formula is C22H19NO2. The van der Waals surface area contributed by atoms with Crippen molar-refractivity contribution in [2.75, 3.05) is 5.32 Å². The summed E-state index contributed by atoms with van der Waals surface area (Å²) < 4.78 is 5.59. The molecule has 124 valence electrons. The molecule has 1 N–H and O–H groups in total. The lowest BCUT2D eigenvalue weighted by Crippen LogP contribution is -2.13. The van der Waals surface area contributed by atoms with Gasteiger partial charge < -0.3 is 10.1 Å². The molecular weight excluding hydrogens is 310 g/mol. The third-order valence-corrected chi connectivity index (χ3v) is 3.72. The van der Waals surface area contributed by atoms with Crippen LogP contribution in [0.1, 0.15) is 6.92 Å². The first-order valence-electron chi connectivity index (χ1n) is 8.08. The maximum Gasteiger partial charge on any atom is 0.254 e. The summed E-state index contributed by atoms with van der Waals surface area (Å²) in [6, 6.07) is 27.3. The number of nitrogens with one attached hydrogen (secondary N) is 1. The van der Waals surface area contributed by atoms with Gasteiger partial charge >= 0.3 is 0 Å². The number of carbonyl (C=O) groups is 1. The molecule has 0 radical (unpaired) electrons. The fourth-order valence-corrected chi connectivity index (χ4v) is 2.32. The Morgan fingerprint density at radius 3 is 2.00 bits per heavy atom. The van der Waals surface area contributed by atoms with E-state index in [0.717, 1.165) is 16.8 Å². The zero-order chi connectivity index (χ0) is 17.5. The van der Waals surface area contributed by atoms with Crippen LogP contribution in [0.2, 0.25) is 0 Å². The lowest BCUT2D eigenvalue weighted by molar-refractivity contribution is -0.112. The lowest BCUT2D eigenvalue weighted by Gasteiger charge is -2.07. The third kappa shape index (κ3) is 4.58. The number of hydrogen-bond donors (Lipinski definition) is 1. The molecule has 0 aliphatic carbocycles. The van der Waals surface area contributed by atoms with E-state index in [0.29, 0.717) is 11.3 Å². The molecule has 0 heterocycles. The standard InChI is InChI=1S/C22H19NO2/c1-17(22(24)23-20-10-6-3-7-11-20)16-25-21-14-12-19(13-15-21)18-8-4-2-5-9-18/h2-16H,1H3,(H,23,24). The van der Waals surface area contributed by atoms with Crippen LogP contribution in [0, 0.1) is 0 Å². The van der Waals surface area contributed by atoms with Crippen LogP contribution in [-0.4, -0.2) is 5.91 Å². The molecule has 0 saturated heterocycles. The van der Waals surface area contributed by atoms with Crippen LogP contribution in [0.3, 0.4) is 0 Å². The van der Waals surface area contributed by atoms with E-state index in [-0.39, 0.29) is 5.91 Å². The normalized spacial score (nSPS) is 11.0. The van der Waals surface area contributed by atoms with E-state index in [1.165, 1.54) is 6.26 Å². The summed E-state index contributed by atoms with van der Waals surface area (Å²) in [5.74, 6) is 0.499. The number of para-hydroxylation sites is 1. The Morgan fingerprint density at radius 2 is 1.36 bits per heavy atom. The van der Waals surface area contributed by atoms with E-state index < -0.39 is 0 Å². The predicted molar refractivity (Wildman–Crippen MR) is 101 cm³/mol. The minimum absolute atomic E-state index is 0.188. The molecule has 0 aromatic heterocycles. The Hall–Kier alpha value is -3.33. The monoisotopic (exact) mass is 329 g/mol. The molecule has 0 unspecified atom stereocenters. The van der Waals surface area contributed by atoms with Gasteiger partial charge in [0.25, 0.3) is 5.91 Å². The van der Waals surface area contributed by atoms with Gasteiger partial charge in [0, 0.05) is 11.3 Å². The summed E-state index contributed by atoms with van der Waals surface area (Å²) in [6.07, 6.45) is 1.47. The van der Waals surface area contributed by atoms with E-state index in [1.54, 1.807) is 6.92 Å². The fraction of sp³-hybridized carbons (Fsp3) is 0.0455. The molecule has 0 aliphatic heterocycles. The first-order chi connectivity index (χ1) is 12.2. The SMILES string of the molecule is CC(=COc1ccc(-c2ccccc2)cc1)C(=O)Nc1ccccc1. The Bertz CT molecular complexity index is 854. The van der Waals surface area contributed by atoms with Gasteiger partial charge in [-0.3, -0.25) is 4.79 Å². The third-order valence-electron chi connectivity index (χ3n) is 3.72. The van der Waals surface area contributed by atoms with Crippen LogP contribution in [-0.2, 0) is 4.79 Å². The highest BCUT2D eigenvalue weighted by Gasteiger charge is 2.05. The van der Waals surface area contributed by atoms with E-state index >= 15 is 0 Å². The van der Waals surface area contributed by atoms with Gasteiger partial charge in [-0.15, -0.1) is 0 Å². The van der Waals surface area contributed by atoms with Crippen molar-refractivity contribution in [3.8, 4) is 16.9 Å². The molecule has 0 atom stereocenters. The second-order valence-corrected chi connectivity index (χ2v) is 5.63. The number of amides is 1. The minimum atomic E-state index is -0.188. The topological polar surface area (TPSA) is 38.3 Å². The quantitative estimate of drug-likeness (QED) is 0.511. The summed E-state index contributed by atoms with van der Waals surface area (Å²) in [6.45, 7) is 1.72. The maximum absolute atomic E-state index is 12.1. The minimum Gasteiger partial charge on any atom is -0.465 e. The number of rotatable bonds is 5. The zero-order valence-electron chi connectivity index (χ0n) is 14.0. The summed E-state index contributed by atoms with van der Waals surface area (Å²) in [7, 11) is 0. The van der Waals surface area contributed by atoms with Crippen molar-refractivity contribution < 1.29 is 9.53 Å². The summed E-state index contributed by atoms with van der Waals surface area (Å²) >= 11 is 0. The van der Waals surface area contributed by atoms with Gasteiger partial charge in [0.2, 0.25) is 0 Å². The Balaban J connectivity index is 1.62. The molecule has 3 rings (SSSR count). The van der Waals surface area contributed by atoms with Crippen molar-refractivity contribution >= 4 is 11.6 Å². The average Bonchev–Trinajstić information content (AvgIpc) is 2.68. The van der Waals surface area contributed by atoms with Crippen molar-refractivity contribution in [3.63, 3.8) is 0 Å². The van der Waals surface area contributed by atoms with Gasteiger partial charge in [-0.1, -0.05) is 60.7 Å². The van der Waals surface area contributed by atoms with Gasteiger partial charge in [-0.25, -0.2) is 0 Å². The van der Waals surface area contributed by atoms with E-state index in [9.17, 15) is 4.79 Å². The number of benzene rings is 3. The maximum atomic E-state index is 12.1. The van der Waals surface area contributed by atoms with Crippen LogP contribution in [0.25, 0.3) is 11.1 Å². The first kappa shape index (κ1) is 16.5. The van der Waals surface area contributed by atoms with Crippen molar-refractivity contribution in [2.45, 2.75) is 6.92 Å². The lowest BCUT2D eigenvalue weighted by atomic mass is 10.1. The highest BCUT2D eigenvalue weighted by atomic mass is 16.5. The molecule has 3 heteroatoms. The molecule has 3 aromatic carbocycles. The van der Waals surface area contributed by atoms with Crippen molar-refractivity contribution in [1.29, 1.82) is 0 Å². The van der Waals surface area contributed by atoms with Crippen molar-refractivity contribution in [3.05, 3.63) is 96.8 Å². The van der Waals surface area contributed by atoms with Crippen LogP contribution in [0.4, 0.5) is 5.69 Å². The summed E-state index contributed by atoms with van der Waals surface area (Å²) in [4.78, 5) is 12.1. The largest absolute Gasteiger partial charge is 0.465 e. The van der Waals surface area contributed by atoms with Crippen molar-refractivity contribution in [1.82, 2.24) is 0 Å². The van der Waals surface area contributed by atoms with E-state index in [4.69, 9.17) is 4.74 Å². The Morgan fingerprint density at radius 1 is 0.800 bits per heavy atom. The first-order valence-corrected chi connectivity index (χ1v) is 8.08. The highest BCUT2D eigenvalue weighted by molar-refractivity contribution is 6.03. The van der Waals surface area contributed by atoms with Gasteiger partial charge in [0.15, 0.2) is 0 Å². The molecule has 0 saturated carbocycles. The van der Waals surface area contributed by atoms with Crippen molar-refractivity contribution in [2.24, 2.45) is 0 Å². The summed E-state index contributed by atoms with van der Waals surface area (Å²) in [5.41, 5.74) is 3.53. The van der Waals surface area contributed by atoms with Gasteiger partial charge in [0.05, 0.1) is 6.26 Å². The predicted octanol–water partition coefficient (Wildman–Crippen LogP) is 5.27. The smallest absolute Gasteiger partial charge is 0.254 e. The second-order valence-electron chi connectivity index (χ2n) is 5.63. The molecule has 0 aliphatic rings. The average molecular weight is 329 g/mol. The number of ether oxygens (including phenoxy) is 1. The van der Waals surface area contributed by atoms with Gasteiger partial charge in [-0.2, -0.15) is 0 Å². The number of carbonyl (C=O) groups excluding carboxylic acids is 1. The molecule has 25 heavy (non-hydrogen) atoms. The Kier molecular flexibility index (Phi) is 5.27. The second kappa shape index (κ2) is 7.97. The van der Waals surface area contributed by atoms with E-state index in [2.05, 4.69) is 17.4 Å². The zero-order valence-corrected chi connectivity index (χ0v) is 14.0. The molecule has 0 bridgehead atoms. The van der Waals surface area contributed by atoms with Crippen LogP contribution >= 0.6 is 0 Å². The van der Waals surface area contributed by atoms with E-state index in [1.807, 2.05) is 72.8 Å². The molecule has 3 nitrogen and oxygen atoms in total. The highest BCUT2D eigenvalue weighted by Crippen LogP contribution is 2.22. The van der Waals surface area contributed by atoms with Crippen LogP contribution in [0.15, 0.2) is 96.8 Å². The molecule has 3 aromatic rings. The molecule has 0 spiro atoms. The van der Waals surface area contributed by atoms with Crippen LogP contribution < -0.4 is 10.1 Å². The molecule has 1 amide bonds. The molecule has 0 fully saturated rings. The van der Waals surface area contributed by atoms with Gasteiger partial charge in [0.1, 0.15) is 5.75 Å². The van der Waals surface area contributed by atoms with Crippen LogP contribution in [0.5, 0.6) is 5.75 Å². The summed E-state index contributed by atoms with van der Waals surface area (Å²) in [5, 5.41) is 2.82. The van der Waals surface area contributed by atoms with Gasteiger partial charge in [-0.05, 0) is 42.3 Å². The number of hydrogen-bond acceptors (Lipinski definition) is 2.